The smallest absolute Gasteiger partial charge is 0.152 e. The summed E-state index contributed by atoms with van der Waals surface area (Å²) in [6, 6.07) is 0. The van der Waals surface area contributed by atoms with Gasteiger partial charge in [0.25, 0.3) is 0 Å². The van der Waals surface area contributed by atoms with Crippen molar-refractivity contribution >= 4 is 9.84 Å². The Morgan fingerprint density at radius 2 is 1.92 bits per heavy atom. The summed E-state index contributed by atoms with van der Waals surface area (Å²) in [7, 11) is -2.79. The molecule has 0 aliphatic heterocycles. The van der Waals surface area contributed by atoms with Gasteiger partial charge in [0.1, 0.15) is 0 Å². The number of sulfone groups is 1. The molecule has 0 aromatic rings. The van der Waals surface area contributed by atoms with E-state index in [9.17, 15) is 8.42 Å². The molecule has 0 heterocycles. The highest BCUT2D eigenvalue weighted by atomic mass is 32.2. The lowest BCUT2D eigenvalue weighted by atomic mass is 9.96. The van der Waals surface area contributed by atoms with Gasteiger partial charge in [0.05, 0.1) is 5.25 Å². The summed E-state index contributed by atoms with van der Waals surface area (Å²) in [5, 5.41) is -0.0898. The minimum Gasteiger partial charge on any atom is -0.229 e. The fourth-order valence-electron chi connectivity index (χ4n) is 1.59. The van der Waals surface area contributed by atoms with Crippen LogP contribution in [-0.4, -0.2) is 19.4 Å². The zero-order chi connectivity index (χ0) is 9.19. The third-order valence-corrected chi connectivity index (χ3v) is 4.84. The number of hydrogen-bond acceptors (Lipinski definition) is 2. The molecule has 0 unspecified atom stereocenters. The third kappa shape index (κ3) is 2.09. The monoisotopic (exact) mass is 188 g/mol. The summed E-state index contributed by atoms with van der Waals surface area (Å²) >= 11 is 0. The van der Waals surface area contributed by atoms with E-state index in [1.54, 1.807) is 6.92 Å². The molecule has 0 aromatic heterocycles. The zero-order valence-corrected chi connectivity index (χ0v) is 8.36. The Labute approximate surface area is 74.6 Å². The molecule has 2 nitrogen and oxygen atoms in total. The summed E-state index contributed by atoms with van der Waals surface area (Å²) in [6.45, 7) is 5.58. The van der Waals surface area contributed by atoms with Crippen molar-refractivity contribution in [2.24, 2.45) is 0 Å². The molecule has 1 aliphatic rings. The van der Waals surface area contributed by atoms with Crippen LogP contribution in [-0.2, 0) is 9.84 Å². The molecule has 12 heavy (non-hydrogen) atoms. The maximum Gasteiger partial charge on any atom is 0.152 e. The Balaban J connectivity index is 2.62. The van der Waals surface area contributed by atoms with Crippen LogP contribution in [0.4, 0.5) is 0 Å². The van der Waals surface area contributed by atoms with Gasteiger partial charge in [-0.3, -0.25) is 0 Å². The van der Waals surface area contributed by atoms with Crippen LogP contribution in [0.3, 0.4) is 0 Å². The van der Waals surface area contributed by atoms with Gasteiger partial charge >= 0.3 is 0 Å². The molecule has 3 heteroatoms. The average Bonchev–Trinajstić information content (AvgIpc) is 2.05. The maximum atomic E-state index is 11.4. The van der Waals surface area contributed by atoms with Crippen LogP contribution >= 0.6 is 0 Å². The minimum absolute atomic E-state index is 0.0898. The van der Waals surface area contributed by atoms with E-state index < -0.39 is 9.84 Å². The molecule has 0 atom stereocenters. The minimum atomic E-state index is -2.79. The standard InChI is InChI=1S/C9H16O2S/c1-3-12(10,11)9-6-4-8(2)5-7-9/h9H,2-7H2,1H3. The summed E-state index contributed by atoms with van der Waals surface area (Å²) in [5.74, 6) is 0.282. The second kappa shape index (κ2) is 3.60. The highest BCUT2D eigenvalue weighted by molar-refractivity contribution is 7.92. The van der Waals surface area contributed by atoms with Gasteiger partial charge in [-0.1, -0.05) is 19.1 Å². The topological polar surface area (TPSA) is 34.1 Å². The average molecular weight is 188 g/mol. The van der Waals surface area contributed by atoms with E-state index in [1.165, 1.54) is 5.57 Å². The molecule has 0 spiro atoms. The molecule has 0 aromatic carbocycles. The van der Waals surface area contributed by atoms with Crippen LogP contribution < -0.4 is 0 Å². The molecule has 1 saturated carbocycles. The maximum absolute atomic E-state index is 11.4. The molecule has 1 rings (SSSR count). The Bertz CT molecular complexity index is 254. The second-order valence-electron chi connectivity index (χ2n) is 3.40. The zero-order valence-electron chi connectivity index (χ0n) is 7.54. The summed E-state index contributed by atoms with van der Waals surface area (Å²) in [6.07, 6.45) is 3.36. The van der Waals surface area contributed by atoms with Crippen molar-refractivity contribution in [2.45, 2.75) is 37.9 Å². The summed E-state index contributed by atoms with van der Waals surface area (Å²) in [5.41, 5.74) is 1.21. The van der Waals surface area contributed by atoms with Crippen molar-refractivity contribution in [3.8, 4) is 0 Å². The normalized spacial score (nSPS) is 21.2. The van der Waals surface area contributed by atoms with Crippen LogP contribution in [0.1, 0.15) is 32.6 Å². The number of hydrogen-bond donors (Lipinski definition) is 0. The highest BCUT2D eigenvalue weighted by Crippen LogP contribution is 2.26. The predicted octanol–water partition coefficient (Wildman–Crippen LogP) is 1.92. The van der Waals surface area contributed by atoms with Crippen LogP contribution in [0.5, 0.6) is 0 Å². The molecular formula is C9H16O2S. The van der Waals surface area contributed by atoms with Crippen molar-refractivity contribution in [3.63, 3.8) is 0 Å². The summed E-state index contributed by atoms with van der Waals surface area (Å²) in [4.78, 5) is 0. The Kier molecular flexibility index (Phi) is 2.94. The van der Waals surface area contributed by atoms with Gasteiger partial charge in [-0.05, 0) is 25.7 Å². The van der Waals surface area contributed by atoms with Crippen LogP contribution in [0.15, 0.2) is 12.2 Å². The van der Waals surface area contributed by atoms with Crippen molar-refractivity contribution in [2.75, 3.05) is 5.75 Å². The second-order valence-corrected chi connectivity index (χ2v) is 5.97. The largest absolute Gasteiger partial charge is 0.229 e. The molecule has 70 valence electrons. The van der Waals surface area contributed by atoms with Gasteiger partial charge in [-0.25, -0.2) is 8.42 Å². The molecule has 1 aliphatic carbocycles. The van der Waals surface area contributed by atoms with Gasteiger partial charge < -0.3 is 0 Å². The van der Waals surface area contributed by atoms with Crippen LogP contribution in [0.2, 0.25) is 0 Å². The van der Waals surface area contributed by atoms with Crippen molar-refractivity contribution in [1.82, 2.24) is 0 Å². The highest BCUT2D eigenvalue weighted by Gasteiger charge is 2.26. The lowest BCUT2D eigenvalue weighted by Crippen LogP contribution is -2.25. The van der Waals surface area contributed by atoms with E-state index in [-0.39, 0.29) is 11.0 Å². The first kappa shape index (κ1) is 9.78. The lowest BCUT2D eigenvalue weighted by Gasteiger charge is -2.22. The third-order valence-electron chi connectivity index (χ3n) is 2.55. The van der Waals surface area contributed by atoms with Gasteiger partial charge in [0, 0.05) is 5.75 Å². The number of rotatable bonds is 2. The van der Waals surface area contributed by atoms with Crippen molar-refractivity contribution in [1.29, 1.82) is 0 Å². The van der Waals surface area contributed by atoms with Gasteiger partial charge in [-0.15, -0.1) is 0 Å². The Morgan fingerprint density at radius 3 is 2.33 bits per heavy atom. The predicted molar refractivity (Wildman–Crippen MR) is 50.9 cm³/mol. The van der Waals surface area contributed by atoms with E-state index in [0.29, 0.717) is 0 Å². The molecule has 0 saturated heterocycles. The van der Waals surface area contributed by atoms with Crippen LogP contribution in [0.25, 0.3) is 0 Å². The first-order valence-electron chi connectivity index (χ1n) is 4.44. The van der Waals surface area contributed by atoms with Crippen molar-refractivity contribution < 1.29 is 8.42 Å². The van der Waals surface area contributed by atoms with Gasteiger partial charge in [-0.2, -0.15) is 0 Å². The summed E-state index contributed by atoms with van der Waals surface area (Å²) < 4.78 is 22.9. The molecule has 0 bridgehead atoms. The van der Waals surface area contributed by atoms with Gasteiger partial charge in [0.2, 0.25) is 0 Å². The van der Waals surface area contributed by atoms with Crippen LogP contribution in [0, 0.1) is 0 Å². The SMILES string of the molecule is C=C1CCC(S(=O)(=O)CC)CC1. The van der Waals surface area contributed by atoms with E-state index in [1.807, 2.05) is 0 Å². The molecule has 0 N–H and O–H groups in total. The number of allylic oxidation sites excluding steroid dienone is 1. The Morgan fingerprint density at radius 1 is 1.42 bits per heavy atom. The molecule has 0 amide bonds. The van der Waals surface area contributed by atoms with Gasteiger partial charge in [0.15, 0.2) is 9.84 Å². The Hall–Kier alpha value is -0.310. The van der Waals surface area contributed by atoms with E-state index in [0.717, 1.165) is 25.7 Å². The fraction of sp³-hybridized carbons (Fsp3) is 0.778. The molecule has 0 radical (unpaired) electrons. The van der Waals surface area contributed by atoms with Crippen molar-refractivity contribution in [3.05, 3.63) is 12.2 Å². The van der Waals surface area contributed by atoms with E-state index in [4.69, 9.17) is 0 Å². The first-order chi connectivity index (χ1) is 5.56. The van der Waals surface area contributed by atoms with E-state index >= 15 is 0 Å². The van der Waals surface area contributed by atoms with E-state index in [2.05, 4.69) is 6.58 Å². The molecular weight excluding hydrogens is 172 g/mol. The first-order valence-corrected chi connectivity index (χ1v) is 6.16. The lowest BCUT2D eigenvalue weighted by molar-refractivity contribution is 0.539. The quantitative estimate of drug-likeness (QED) is 0.620. The molecule has 1 fully saturated rings. The fourth-order valence-corrected chi connectivity index (χ4v) is 3.02.